The minimum atomic E-state index is 0.0552. The molecular weight excluding hydrogens is 235 g/mol. The lowest BCUT2D eigenvalue weighted by Crippen LogP contribution is -2.48. The van der Waals surface area contributed by atoms with Crippen molar-refractivity contribution in [2.24, 2.45) is 0 Å². The van der Waals surface area contributed by atoms with E-state index in [1.807, 2.05) is 0 Å². The number of benzene rings is 1. The highest BCUT2D eigenvalue weighted by atomic mass is 35.5. The van der Waals surface area contributed by atoms with Gasteiger partial charge in [0.25, 0.3) is 0 Å². The summed E-state index contributed by atoms with van der Waals surface area (Å²) in [6.45, 7) is 1.84. The molecule has 1 aliphatic rings. The minimum Gasteiger partial charge on any atom is -0.310 e. The van der Waals surface area contributed by atoms with Crippen LogP contribution >= 0.6 is 23.2 Å². The van der Waals surface area contributed by atoms with Crippen molar-refractivity contribution in [1.29, 1.82) is 0 Å². The van der Waals surface area contributed by atoms with E-state index in [0.29, 0.717) is 23.1 Å². The maximum absolute atomic E-state index is 11.6. The molecule has 3 nitrogen and oxygen atoms in total. The lowest BCUT2D eigenvalue weighted by atomic mass is 10.2. The van der Waals surface area contributed by atoms with E-state index in [9.17, 15) is 4.79 Å². The molecule has 0 radical (unpaired) electrons. The van der Waals surface area contributed by atoms with Crippen LogP contribution in [-0.4, -0.2) is 25.5 Å². The molecule has 80 valence electrons. The topological polar surface area (TPSA) is 32.3 Å². The van der Waals surface area contributed by atoms with Crippen molar-refractivity contribution in [3.05, 3.63) is 28.2 Å². The average molecular weight is 245 g/mol. The van der Waals surface area contributed by atoms with E-state index >= 15 is 0 Å². The van der Waals surface area contributed by atoms with Gasteiger partial charge >= 0.3 is 0 Å². The van der Waals surface area contributed by atoms with E-state index in [0.717, 1.165) is 12.2 Å². The molecule has 0 unspecified atom stereocenters. The molecule has 1 N–H and O–H groups in total. The number of amides is 1. The summed E-state index contributed by atoms with van der Waals surface area (Å²) in [6.07, 6.45) is 0. The average Bonchev–Trinajstić information content (AvgIpc) is 2.23. The highest BCUT2D eigenvalue weighted by molar-refractivity contribution is 6.42. The number of carbonyl (C=O) groups is 1. The van der Waals surface area contributed by atoms with Crippen molar-refractivity contribution in [3.63, 3.8) is 0 Å². The predicted molar refractivity (Wildman–Crippen MR) is 61.7 cm³/mol. The SMILES string of the molecule is O=C1CNCCN1c1ccc(Cl)c(Cl)c1. The second-order valence-corrected chi connectivity index (χ2v) is 4.13. The first-order valence-electron chi connectivity index (χ1n) is 4.64. The molecule has 1 saturated heterocycles. The first kappa shape index (κ1) is 10.7. The Morgan fingerprint density at radius 1 is 1.27 bits per heavy atom. The molecule has 1 aromatic rings. The standard InChI is InChI=1S/C10H10Cl2N2O/c11-8-2-1-7(5-9(8)12)14-4-3-13-6-10(14)15/h1-2,5,13H,3-4,6H2. The monoisotopic (exact) mass is 244 g/mol. The van der Waals surface area contributed by atoms with Crippen LogP contribution in [0.1, 0.15) is 0 Å². The highest BCUT2D eigenvalue weighted by Crippen LogP contribution is 2.27. The lowest BCUT2D eigenvalue weighted by Gasteiger charge is -2.27. The van der Waals surface area contributed by atoms with Gasteiger partial charge in [-0.3, -0.25) is 4.79 Å². The number of halogens is 2. The van der Waals surface area contributed by atoms with Gasteiger partial charge in [-0.2, -0.15) is 0 Å². The van der Waals surface area contributed by atoms with Gasteiger partial charge in [0.2, 0.25) is 5.91 Å². The second kappa shape index (κ2) is 4.39. The van der Waals surface area contributed by atoms with Gasteiger partial charge in [-0.25, -0.2) is 0 Å². The fraction of sp³-hybridized carbons (Fsp3) is 0.300. The fourth-order valence-electron chi connectivity index (χ4n) is 1.53. The molecule has 1 fully saturated rings. The van der Waals surface area contributed by atoms with Crippen LogP contribution in [0.25, 0.3) is 0 Å². The number of carbonyl (C=O) groups excluding carboxylic acids is 1. The third-order valence-corrected chi connectivity index (χ3v) is 3.04. The summed E-state index contributed by atoms with van der Waals surface area (Å²) in [7, 11) is 0. The van der Waals surface area contributed by atoms with Crippen LogP contribution in [0.15, 0.2) is 18.2 Å². The Hall–Kier alpha value is -0.770. The quantitative estimate of drug-likeness (QED) is 0.819. The van der Waals surface area contributed by atoms with Crippen molar-refractivity contribution < 1.29 is 4.79 Å². The molecule has 5 heteroatoms. The maximum Gasteiger partial charge on any atom is 0.240 e. The van der Waals surface area contributed by atoms with Crippen LogP contribution in [-0.2, 0) is 4.79 Å². The Morgan fingerprint density at radius 2 is 2.07 bits per heavy atom. The molecule has 0 saturated carbocycles. The van der Waals surface area contributed by atoms with Crippen molar-refractivity contribution in [2.75, 3.05) is 24.5 Å². The van der Waals surface area contributed by atoms with E-state index in [1.165, 1.54) is 0 Å². The summed E-state index contributed by atoms with van der Waals surface area (Å²) in [5.41, 5.74) is 0.802. The Morgan fingerprint density at radius 3 is 2.73 bits per heavy atom. The zero-order chi connectivity index (χ0) is 10.8. The molecule has 0 bridgehead atoms. The van der Waals surface area contributed by atoms with Gasteiger partial charge in [-0.1, -0.05) is 23.2 Å². The molecule has 0 aliphatic carbocycles. The van der Waals surface area contributed by atoms with Gasteiger partial charge in [-0.15, -0.1) is 0 Å². The molecule has 1 amide bonds. The molecule has 1 aliphatic heterocycles. The summed E-state index contributed by atoms with van der Waals surface area (Å²) in [5.74, 6) is 0.0552. The molecule has 0 aromatic heterocycles. The number of hydrogen-bond acceptors (Lipinski definition) is 2. The third kappa shape index (κ3) is 2.25. The first-order chi connectivity index (χ1) is 7.18. The smallest absolute Gasteiger partial charge is 0.240 e. The Labute approximate surface area is 98.0 Å². The van der Waals surface area contributed by atoms with Crippen LogP contribution < -0.4 is 10.2 Å². The Balaban J connectivity index is 2.28. The number of piperazine rings is 1. The number of nitrogens with zero attached hydrogens (tertiary/aromatic N) is 1. The first-order valence-corrected chi connectivity index (χ1v) is 5.40. The molecule has 1 aromatic carbocycles. The van der Waals surface area contributed by atoms with Crippen LogP contribution in [0.3, 0.4) is 0 Å². The summed E-state index contributed by atoms with van der Waals surface area (Å²) in [5, 5.41) is 3.99. The Kier molecular flexibility index (Phi) is 3.14. The number of rotatable bonds is 1. The zero-order valence-electron chi connectivity index (χ0n) is 7.96. The lowest BCUT2D eigenvalue weighted by molar-refractivity contribution is -0.118. The van der Waals surface area contributed by atoms with Crippen LogP contribution in [0, 0.1) is 0 Å². The normalized spacial score (nSPS) is 16.9. The van der Waals surface area contributed by atoms with Gasteiger partial charge in [0.05, 0.1) is 16.6 Å². The number of nitrogens with one attached hydrogen (secondary N) is 1. The number of anilines is 1. The van der Waals surface area contributed by atoms with Crippen molar-refractivity contribution in [3.8, 4) is 0 Å². The highest BCUT2D eigenvalue weighted by Gasteiger charge is 2.19. The molecule has 1 heterocycles. The molecular formula is C10H10Cl2N2O. The van der Waals surface area contributed by atoms with Crippen LogP contribution in [0.2, 0.25) is 10.0 Å². The predicted octanol–water partition coefficient (Wildman–Crippen LogP) is 1.93. The molecule has 2 rings (SSSR count). The van der Waals surface area contributed by atoms with Gasteiger partial charge in [0.1, 0.15) is 0 Å². The van der Waals surface area contributed by atoms with E-state index in [4.69, 9.17) is 23.2 Å². The molecule has 0 spiro atoms. The molecule has 0 atom stereocenters. The minimum absolute atomic E-state index is 0.0552. The van der Waals surface area contributed by atoms with Crippen LogP contribution in [0.4, 0.5) is 5.69 Å². The van der Waals surface area contributed by atoms with Gasteiger partial charge in [-0.05, 0) is 18.2 Å². The van der Waals surface area contributed by atoms with E-state index in [2.05, 4.69) is 5.32 Å². The van der Waals surface area contributed by atoms with Gasteiger partial charge in [0, 0.05) is 18.8 Å². The van der Waals surface area contributed by atoms with Gasteiger partial charge in [0.15, 0.2) is 0 Å². The zero-order valence-corrected chi connectivity index (χ0v) is 9.48. The van der Waals surface area contributed by atoms with Crippen molar-refractivity contribution in [2.45, 2.75) is 0 Å². The largest absolute Gasteiger partial charge is 0.310 e. The third-order valence-electron chi connectivity index (χ3n) is 2.30. The Bertz CT molecular complexity index is 395. The van der Waals surface area contributed by atoms with E-state index in [1.54, 1.807) is 23.1 Å². The van der Waals surface area contributed by atoms with Crippen molar-refractivity contribution in [1.82, 2.24) is 5.32 Å². The summed E-state index contributed by atoms with van der Waals surface area (Å²) < 4.78 is 0. The van der Waals surface area contributed by atoms with E-state index in [-0.39, 0.29) is 5.91 Å². The van der Waals surface area contributed by atoms with Crippen LogP contribution in [0.5, 0.6) is 0 Å². The summed E-state index contributed by atoms with van der Waals surface area (Å²) in [4.78, 5) is 13.3. The van der Waals surface area contributed by atoms with E-state index < -0.39 is 0 Å². The second-order valence-electron chi connectivity index (χ2n) is 3.32. The van der Waals surface area contributed by atoms with Crippen molar-refractivity contribution >= 4 is 34.8 Å². The number of hydrogen-bond donors (Lipinski definition) is 1. The summed E-state index contributed by atoms with van der Waals surface area (Å²) in [6, 6.07) is 5.22. The maximum atomic E-state index is 11.6. The summed E-state index contributed by atoms with van der Waals surface area (Å²) >= 11 is 11.7. The fourth-order valence-corrected chi connectivity index (χ4v) is 1.82. The molecule has 15 heavy (non-hydrogen) atoms. The van der Waals surface area contributed by atoms with Gasteiger partial charge < -0.3 is 10.2 Å².